The van der Waals surface area contributed by atoms with Gasteiger partial charge in [-0.15, -0.1) is 5.10 Å². The third-order valence-electron chi connectivity index (χ3n) is 4.54. The number of furan rings is 1. The summed E-state index contributed by atoms with van der Waals surface area (Å²) in [7, 11) is 2.06. The standard InChI is InChI=1S/C18H26N4O3/c1-21(12-16(23)13-24-14-17-6-4-10-25-17)15-5-3-9-22(11-15)18-7-2-8-19-20-18/h2,4,6-8,10,15-16,23H,3,5,9,11-14H2,1H3/t15-,16+/m0/s1. The quantitative estimate of drug-likeness (QED) is 0.777. The molecule has 0 saturated carbocycles. The molecule has 2 aromatic rings. The van der Waals surface area contributed by atoms with Gasteiger partial charge < -0.3 is 19.2 Å². The molecule has 0 aromatic carbocycles. The van der Waals surface area contributed by atoms with E-state index in [9.17, 15) is 5.11 Å². The second-order valence-corrected chi connectivity index (χ2v) is 6.51. The first-order valence-corrected chi connectivity index (χ1v) is 8.73. The summed E-state index contributed by atoms with van der Waals surface area (Å²) in [5.41, 5.74) is 0. The van der Waals surface area contributed by atoms with Gasteiger partial charge in [0.25, 0.3) is 0 Å². The molecular formula is C18H26N4O3. The number of likely N-dealkylation sites (N-methyl/N-ethyl adjacent to an activating group) is 1. The Hall–Kier alpha value is -1.96. The van der Waals surface area contributed by atoms with Gasteiger partial charge in [-0.2, -0.15) is 5.10 Å². The number of aliphatic hydroxyl groups is 1. The number of anilines is 1. The van der Waals surface area contributed by atoms with E-state index in [1.54, 1.807) is 12.5 Å². The molecule has 1 N–H and O–H groups in total. The van der Waals surface area contributed by atoms with Crippen molar-refractivity contribution in [2.45, 2.75) is 31.6 Å². The molecule has 1 fully saturated rings. The van der Waals surface area contributed by atoms with Crippen LogP contribution in [0.4, 0.5) is 5.82 Å². The SMILES string of the molecule is CN(C[C@@H](O)COCc1ccco1)[C@H]1CCCN(c2cccnn2)C1. The van der Waals surface area contributed by atoms with E-state index in [4.69, 9.17) is 9.15 Å². The van der Waals surface area contributed by atoms with E-state index in [0.29, 0.717) is 25.8 Å². The normalized spacial score (nSPS) is 19.3. The molecule has 0 unspecified atom stereocenters. The number of nitrogens with zero attached hydrogens (tertiary/aromatic N) is 4. The summed E-state index contributed by atoms with van der Waals surface area (Å²) in [6, 6.07) is 7.98. The summed E-state index contributed by atoms with van der Waals surface area (Å²) in [5, 5.41) is 18.4. The molecule has 1 aliphatic rings. The van der Waals surface area contributed by atoms with E-state index >= 15 is 0 Å². The van der Waals surface area contributed by atoms with Crippen LogP contribution in [0.15, 0.2) is 41.1 Å². The van der Waals surface area contributed by atoms with Gasteiger partial charge in [0.15, 0.2) is 5.82 Å². The van der Waals surface area contributed by atoms with Gasteiger partial charge in [-0.3, -0.25) is 4.90 Å². The van der Waals surface area contributed by atoms with Crippen LogP contribution in [-0.2, 0) is 11.3 Å². The van der Waals surface area contributed by atoms with Gasteiger partial charge in [-0.05, 0) is 44.2 Å². The lowest BCUT2D eigenvalue weighted by Gasteiger charge is -2.38. The predicted octanol–water partition coefficient (Wildman–Crippen LogP) is 1.55. The number of hydrogen-bond donors (Lipinski definition) is 1. The summed E-state index contributed by atoms with van der Waals surface area (Å²) in [6.07, 6.45) is 5.02. The van der Waals surface area contributed by atoms with E-state index in [0.717, 1.165) is 37.5 Å². The van der Waals surface area contributed by atoms with Crippen LogP contribution in [0.1, 0.15) is 18.6 Å². The molecule has 0 aliphatic carbocycles. The summed E-state index contributed by atoms with van der Waals surface area (Å²) in [5.74, 6) is 1.69. The third kappa shape index (κ3) is 5.26. The summed E-state index contributed by atoms with van der Waals surface area (Å²) < 4.78 is 10.7. The molecular weight excluding hydrogens is 320 g/mol. The van der Waals surface area contributed by atoms with Crippen LogP contribution in [0.5, 0.6) is 0 Å². The summed E-state index contributed by atoms with van der Waals surface area (Å²) >= 11 is 0. The molecule has 2 aromatic heterocycles. The van der Waals surface area contributed by atoms with Gasteiger partial charge in [0.05, 0.1) is 19.0 Å². The number of hydrogen-bond acceptors (Lipinski definition) is 7. The Balaban J connectivity index is 1.43. The van der Waals surface area contributed by atoms with Crippen LogP contribution in [-0.4, -0.2) is 65.6 Å². The van der Waals surface area contributed by atoms with Gasteiger partial charge in [0, 0.05) is 31.9 Å². The summed E-state index contributed by atoms with van der Waals surface area (Å²) in [6.45, 7) is 3.16. The van der Waals surface area contributed by atoms with E-state index in [2.05, 4.69) is 27.0 Å². The van der Waals surface area contributed by atoms with Crippen molar-refractivity contribution in [1.82, 2.24) is 15.1 Å². The van der Waals surface area contributed by atoms with Gasteiger partial charge in [-0.1, -0.05) is 0 Å². The van der Waals surface area contributed by atoms with Crippen LogP contribution in [0.2, 0.25) is 0 Å². The maximum Gasteiger partial charge on any atom is 0.151 e. The van der Waals surface area contributed by atoms with Crippen LogP contribution in [0, 0.1) is 0 Å². The van der Waals surface area contributed by atoms with Crippen molar-refractivity contribution in [3.05, 3.63) is 42.5 Å². The molecule has 1 saturated heterocycles. The fourth-order valence-electron chi connectivity index (χ4n) is 3.21. The monoisotopic (exact) mass is 346 g/mol. The lowest BCUT2D eigenvalue weighted by atomic mass is 10.0. The van der Waals surface area contributed by atoms with E-state index in [1.807, 2.05) is 24.3 Å². The fourth-order valence-corrected chi connectivity index (χ4v) is 3.21. The Kier molecular flexibility index (Phi) is 6.38. The van der Waals surface area contributed by atoms with E-state index in [-0.39, 0.29) is 0 Å². The van der Waals surface area contributed by atoms with Gasteiger partial charge in [-0.25, -0.2) is 0 Å². The number of ether oxygens (including phenoxy) is 1. The minimum Gasteiger partial charge on any atom is -0.467 e. The lowest BCUT2D eigenvalue weighted by Crippen LogP contribution is -2.49. The first-order chi connectivity index (χ1) is 12.2. The van der Waals surface area contributed by atoms with E-state index < -0.39 is 6.10 Å². The molecule has 7 nitrogen and oxygen atoms in total. The average Bonchev–Trinajstić information content (AvgIpc) is 3.16. The smallest absolute Gasteiger partial charge is 0.151 e. The van der Waals surface area contributed by atoms with Crippen molar-refractivity contribution in [2.75, 3.05) is 38.2 Å². The molecule has 2 atom stereocenters. The maximum atomic E-state index is 10.2. The average molecular weight is 346 g/mol. The first-order valence-electron chi connectivity index (χ1n) is 8.73. The van der Waals surface area contributed by atoms with Crippen molar-refractivity contribution in [2.24, 2.45) is 0 Å². The molecule has 25 heavy (non-hydrogen) atoms. The number of aliphatic hydroxyl groups excluding tert-OH is 1. The van der Waals surface area contributed by atoms with Crippen molar-refractivity contribution >= 4 is 5.82 Å². The fraction of sp³-hybridized carbons (Fsp3) is 0.556. The first kappa shape index (κ1) is 17.8. The lowest BCUT2D eigenvalue weighted by molar-refractivity contribution is 0.00210. The Morgan fingerprint density at radius 3 is 3.12 bits per heavy atom. The Morgan fingerprint density at radius 1 is 1.44 bits per heavy atom. The second-order valence-electron chi connectivity index (χ2n) is 6.51. The Bertz CT molecular complexity index is 608. The third-order valence-corrected chi connectivity index (χ3v) is 4.54. The van der Waals surface area contributed by atoms with Crippen LogP contribution < -0.4 is 4.90 Å². The second kappa shape index (κ2) is 8.94. The van der Waals surface area contributed by atoms with Crippen LogP contribution >= 0.6 is 0 Å². The zero-order valence-corrected chi connectivity index (χ0v) is 14.6. The molecule has 3 heterocycles. The highest BCUT2D eigenvalue weighted by molar-refractivity contribution is 5.37. The zero-order chi connectivity index (χ0) is 17.5. The Morgan fingerprint density at radius 2 is 2.36 bits per heavy atom. The summed E-state index contributed by atoms with van der Waals surface area (Å²) in [4.78, 5) is 4.47. The maximum absolute atomic E-state index is 10.2. The molecule has 0 radical (unpaired) electrons. The molecule has 0 amide bonds. The van der Waals surface area contributed by atoms with Crippen molar-refractivity contribution in [1.29, 1.82) is 0 Å². The van der Waals surface area contributed by atoms with Gasteiger partial charge >= 0.3 is 0 Å². The van der Waals surface area contributed by atoms with Crippen LogP contribution in [0.3, 0.4) is 0 Å². The highest BCUT2D eigenvalue weighted by Crippen LogP contribution is 2.19. The highest BCUT2D eigenvalue weighted by atomic mass is 16.5. The molecule has 7 heteroatoms. The predicted molar refractivity (Wildman–Crippen MR) is 94.3 cm³/mol. The highest BCUT2D eigenvalue weighted by Gasteiger charge is 2.25. The Labute approximate surface area is 148 Å². The minimum atomic E-state index is -0.521. The van der Waals surface area contributed by atoms with Crippen molar-refractivity contribution in [3.63, 3.8) is 0 Å². The largest absolute Gasteiger partial charge is 0.467 e. The number of piperidine rings is 1. The number of aromatic nitrogens is 2. The van der Waals surface area contributed by atoms with Crippen molar-refractivity contribution in [3.8, 4) is 0 Å². The number of rotatable bonds is 8. The van der Waals surface area contributed by atoms with Crippen LogP contribution in [0.25, 0.3) is 0 Å². The topological polar surface area (TPSA) is 74.9 Å². The molecule has 3 rings (SSSR count). The van der Waals surface area contributed by atoms with E-state index in [1.165, 1.54) is 0 Å². The molecule has 0 bridgehead atoms. The van der Waals surface area contributed by atoms with Crippen molar-refractivity contribution < 1.29 is 14.3 Å². The molecule has 136 valence electrons. The zero-order valence-electron chi connectivity index (χ0n) is 14.6. The molecule has 0 spiro atoms. The van der Waals surface area contributed by atoms with Gasteiger partial charge in [0.2, 0.25) is 0 Å². The van der Waals surface area contributed by atoms with Gasteiger partial charge in [0.1, 0.15) is 12.4 Å². The molecule has 1 aliphatic heterocycles. The minimum absolute atomic E-state index is 0.297.